The van der Waals surface area contributed by atoms with Gasteiger partial charge >= 0.3 is 0 Å². The summed E-state index contributed by atoms with van der Waals surface area (Å²) in [4.78, 5) is 66.8. The van der Waals surface area contributed by atoms with Crippen molar-refractivity contribution in [1.29, 1.82) is 0 Å². The number of fused-ring (bicyclic) bond motifs is 2. The largest absolute Gasteiger partial charge is 0.274 e. The number of rotatable bonds is 2. The van der Waals surface area contributed by atoms with Gasteiger partial charge in [0.25, 0.3) is 0 Å². The molecule has 1 saturated carbocycles. The van der Waals surface area contributed by atoms with Gasteiger partial charge in [-0.15, -0.1) is 0 Å². The monoisotopic (exact) mass is 608 g/mol. The molecule has 3 aliphatic carbocycles. The van der Waals surface area contributed by atoms with Crippen LogP contribution in [0.25, 0.3) is 20.4 Å². The number of hydrogen-bond donors (Lipinski definition) is 0. The molecular weight excluding hydrogens is 591 g/mol. The van der Waals surface area contributed by atoms with Crippen LogP contribution in [0.2, 0.25) is 10.0 Å². The topological polar surface area (TPSA) is 101 Å². The number of anilines is 2. The highest BCUT2D eigenvalue weighted by atomic mass is 35.5. The molecule has 5 aliphatic rings. The third-order valence-corrected chi connectivity index (χ3v) is 11.5. The third kappa shape index (κ3) is 3.07. The number of aryl methyl sites for hydroxylation is 2. The summed E-state index contributed by atoms with van der Waals surface area (Å²) in [6, 6.07) is 7.22. The SMILES string of the molecule is Cc1cc2sc(N3C(=O)[C@@H]4C5C=CC([C@H]4C3=O)[C@@H]3C(=O)N(c4nc6cc(Cl)c(C)cc6s4)C(=O)[C@@H]53)nc2cc1Cl. The molecule has 2 bridgehead atoms. The van der Waals surface area contributed by atoms with E-state index in [1.54, 1.807) is 12.1 Å². The fourth-order valence-corrected chi connectivity index (χ4v) is 9.30. The van der Waals surface area contributed by atoms with E-state index < -0.39 is 35.5 Å². The van der Waals surface area contributed by atoms with E-state index in [1.807, 2.05) is 38.1 Å². The molecule has 4 heterocycles. The molecule has 2 unspecified atom stereocenters. The van der Waals surface area contributed by atoms with Crippen LogP contribution >= 0.6 is 45.9 Å². The maximum Gasteiger partial charge on any atom is 0.240 e. The number of nitrogens with zero attached hydrogens (tertiary/aromatic N) is 4. The van der Waals surface area contributed by atoms with E-state index in [0.29, 0.717) is 21.1 Å². The molecule has 12 heteroatoms. The molecule has 2 saturated heterocycles. The molecule has 9 rings (SSSR count). The van der Waals surface area contributed by atoms with Gasteiger partial charge in [0.05, 0.1) is 44.1 Å². The van der Waals surface area contributed by atoms with Crippen molar-refractivity contribution < 1.29 is 19.2 Å². The van der Waals surface area contributed by atoms with Gasteiger partial charge in [-0.3, -0.25) is 19.2 Å². The van der Waals surface area contributed by atoms with Gasteiger partial charge in [-0.25, -0.2) is 19.8 Å². The van der Waals surface area contributed by atoms with Crippen molar-refractivity contribution in [3.63, 3.8) is 0 Å². The Balaban J connectivity index is 1.17. The first-order chi connectivity index (χ1) is 19.1. The summed E-state index contributed by atoms with van der Waals surface area (Å²) < 4.78 is 1.64. The van der Waals surface area contributed by atoms with Crippen molar-refractivity contribution in [2.45, 2.75) is 13.8 Å². The Bertz CT molecular complexity index is 1660. The van der Waals surface area contributed by atoms with Gasteiger partial charge in [0.1, 0.15) is 0 Å². The summed E-state index contributed by atoms with van der Waals surface area (Å²) in [5, 5.41) is 1.68. The minimum atomic E-state index is -0.727. The van der Waals surface area contributed by atoms with E-state index in [2.05, 4.69) is 9.97 Å². The Morgan fingerprint density at radius 1 is 0.625 bits per heavy atom. The van der Waals surface area contributed by atoms with Crippen LogP contribution in [0.4, 0.5) is 10.3 Å². The lowest BCUT2D eigenvalue weighted by Gasteiger charge is -2.44. The van der Waals surface area contributed by atoms with Crippen molar-refractivity contribution in [2.75, 3.05) is 9.80 Å². The Hall–Kier alpha value is -3.18. The quantitative estimate of drug-likeness (QED) is 0.218. The second-order valence-corrected chi connectivity index (χ2v) is 13.6. The first-order valence-corrected chi connectivity index (χ1v) is 15.1. The number of carbonyl (C=O) groups excluding carboxylic acids is 4. The summed E-state index contributed by atoms with van der Waals surface area (Å²) in [6.45, 7) is 3.76. The molecule has 4 aromatic rings. The van der Waals surface area contributed by atoms with Crippen LogP contribution in [0.5, 0.6) is 0 Å². The van der Waals surface area contributed by atoms with E-state index in [9.17, 15) is 19.2 Å². The van der Waals surface area contributed by atoms with Crippen molar-refractivity contribution in [1.82, 2.24) is 9.97 Å². The van der Waals surface area contributed by atoms with Gasteiger partial charge in [0.15, 0.2) is 10.3 Å². The fourth-order valence-electron chi connectivity index (χ4n) is 6.87. The van der Waals surface area contributed by atoms with Gasteiger partial charge in [-0.05, 0) is 49.2 Å². The summed E-state index contributed by atoms with van der Waals surface area (Å²) >= 11 is 15.0. The number of benzene rings is 2. The minimum Gasteiger partial charge on any atom is -0.274 e. The molecule has 0 N–H and O–H groups in total. The smallest absolute Gasteiger partial charge is 0.240 e. The molecule has 8 nitrogen and oxygen atoms in total. The van der Waals surface area contributed by atoms with E-state index in [1.165, 1.54) is 22.7 Å². The van der Waals surface area contributed by atoms with Gasteiger partial charge in [-0.1, -0.05) is 58.0 Å². The lowest BCUT2D eigenvalue weighted by Crippen LogP contribution is -2.50. The zero-order chi connectivity index (χ0) is 27.8. The highest BCUT2D eigenvalue weighted by Crippen LogP contribution is 2.59. The Labute approximate surface area is 245 Å². The van der Waals surface area contributed by atoms with Crippen LogP contribution < -0.4 is 9.80 Å². The van der Waals surface area contributed by atoms with E-state index in [0.717, 1.165) is 30.3 Å². The molecule has 3 fully saturated rings. The number of imide groups is 2. The second kappa shape index (κ2) is 8.19. The zero-order valence-corrected chi connectivity index (χ0v) is 24.1. The normalized spacial score (nSPS) is 29.0. The maximum absolute atomic E-state index is 13.8. The van der Waals surface area contributed by atoms with Crippen LogP contribution in [-0.2, 0) is 19.2 Å². The highest BCUT2D eigenvalue weighted by molar-refractivity contribution is 7.23. The molecule has 2 aromatic carbocycles. The zero-order valence-electron chi connectivity index (χ0n) is 20.9. The summed E-state index contributed by atoms with van der Waals surface area (Å²) in [5.41, 5.74) is 2.97. The van der Waals surface area contributed by atoms with Gasteiger partial charge in [-0.2, -0.15) is 0 Å². The molecule has 2 aromatic heterocycles. The molecule has 200 valence electrons. The highest BCUT2D eigenvalue weighted by Gasteiger charge is 2.69. The molecule has 0 spiro atoms. The molecule has 40 heavy (non-hydrogen) atoms. The average molecular weight is 610 g/mol. The van der Waals surface area contributed by atoms with Crippen LogP contribution in [0.1, 0.15) is 11.1 Å². The van der Waals surface area contributed by atoms with Crippen LogP contribution in [0.3, 0.4) is 0 Å². The van der Waals surface area contributed by atoms with Crippen molar-refractivity contribution in [3.8, 4) is 0 Å². The lowest BCUT2D eigenvalue weighted by atomic mass is 9.54. The predicted molar refractivity (Wildman–Crippen MR) is 154 cm³/mol. The predicted octanol–water partition coefficient (Wildman–Crippen LogP) is 5.56. The van der Waals surface area contributed by atoms with Crippen molar-refractivity contribution >= 4 is 100 Å². The van der Waals surface area contributed by atoms with Crippen LogP contribution in [0, 0.1) is 49.4 Å². The molecule has 4 amide bonds. The lowest BCUT2D eigenvalue weighted by molar-refractivity contribution is -0.137. The van der Waals surface area contributed by atoms with E-state index in [4.69, 9.17) is 23.2 Å². The maximum atomic E-state index is 13.8. The number of allylic oxidation sites excluding steroid dienone is 2. The van der Waals surface area contributed by atoms with Gasteiger partial charge in [0, 0.05) is 21.9 Å². The number of thiazole rings is 2. The fraction of sp³-hybridized carbons (Fsp3) is 0.286. The Kier molecular flexibility index (Phi) is 5.04. The Morgan fingerprint density at radius 3 is 1.32 bits per heavy atom. The standard InChI is InChI=1S/C28H18Cl2N4O4S2/c1-9-5-17-15(7-13(9)29)31-27(39-17)33-23(35)19-11-3-4-12(20(19)24(33)36)22-21(11)25(37)34(26(22)38)28-32-16-8-14(30)10(2)6-18(16)40-28/h3-8,11-12,19-22H,1-2H3/t11?,12?,19-,20-,21+,22+. The third-order valence-electron chi connectivity index (χ3n) is 8.71. The van der Waals surface area contributed by atoms with E-state index >= 15 is 0 Å². The van der Waals surface area contributed by atoms with Crippen LogP contribution in [0.15, 0.2) is 36.4 Å². The van der Waals surface area contributed by atoms with Crippen molar-refractivity contribution in [3.05, 3.63) is 57.6 Å². The number of halogens is 2. The van der Waals surface area contributed by atoms with Gasteiger partial charge in [0.2, 0.25) is 23.6 Å². The van der Waals surface area contributed by atoms with E-state index in [-0.39, 0.29) is 33.9 Å². The average Bonchev–Trinajstić information content (AvgIpc) is 3.64. The number of amides is 4. The van der Waals surface area contributed by atoms with Crippen LogP contribution in [-0.4, -0.2) is 33.6 Å². The second-order valence-electron chi connectivity index (χ2n) is 10.8. The van der Waals surface area contributed by atoms with Gasteiger partial charge < -0.3 is 0 Å². The first-order valence-electron chi connectivity index (χ1n) is 12.7. The summed E-state index contributed by atoms with van der Waals surface area (Å²) in [6.07, 6.45) is 3.69. The summed E-state index contributed by atoms with van der Waals surface area (Å²) in [7, 11) is 0. The minimum absolute atomic E-state index is 0.285. The number of hydrogen-bond acceptors (Lipinski definition) is 8. The molecule has 6 atom stereocenters. The summed E-state index contributed by atoms with van der Waals surface area (Å²) in [5.74, 6) is -5.55. The van der Waals surface area contributed by atoms with Crippen molar-refractivity contribution in [2.24, 2.45) is 35.5 Å². The molecule has 2 aliphatic heterocycles. The molecule has 0 radical (unpaired) electrons. The first kappa shape index (κ1) is 24.6. The Morgan fingerprint density at radius 2 is 0.975 bits per heavy atom. The molecular formula is C28H18Cl2N4O4S2. The number of aromatic nitrogens is 2. The number of carbonyl (C=O) groups is 4.